The average Bonchev–Trinajstić information content (AvgIpc) is 2.54. The first-order valence-corrected chi connectivity index (χ1v) is 9.45. The summed E-state index contributed by atoms with van der Waals surface area (Å²) in [4.78, 5) is 37.3. The lowest BCUT2D eigenvalue weighted by Crippen LogP contribution is -2.32. The first kappa shape index (κ1) is 20.9. The Hall–Kier alpha value is -1.19. The fourth-order valence-electron chi connectivity index (χ4n) is 3.76. The molecular weight excluding hydrogens is 304 g/mol. The van der Waals surface area contributed by atoms with Crippen LogP contribution in [-0.4, -0.2) is 23.6 Å². The van der Waals surface area contributed by atoms with Crippen LogP contribution in [-0.2, 0) is 19.1 Å². The molecule has 138 valence electrons. The molecule has 0 aromatic rings. The summed E-state index contributed by atoms with van der Waals surface area (Å²) in [5.74, 6) is -0.801. The molecule has 0 bridgehead atoms. The molecule has 0 aromatic carbocycles. The zero-order valence-corrected chi connectivity index (χ0v) is 16.1. The molecule has 0 aromatic heterocycles. The summed E-state index contributed by atoms with van der Waals surface area (Å²) < 4.78 is 5.54. The monoisotopic (exact) mass is 338 g/mol. The minimum atomic E-state index is -0.708. The lowest BCUT2D eigenvalue weighted by atomic mass is 9.81. The molecule has 1 fully saturated rings. The van der Waals surface area contributed by atoms with Crippen LogP contribution in [0, 0.1) is 29.6 Å². The number of esters is 1. The smallest absolute Gasteiger partial charge is 0.316 e. The maximum absolute atomic E-state index is 12.5. The third-order valence-electron chi connectivity index (χ3n) is 5.41. The zero-order valence-electron chi connectivity index (χ0n) is 16.1. The lowest BCUT2D eigenvalue weighted by molar-refractivity contribution is -0.157. The van der Waals surface area contributed by atoms with Crippen molar-refractivity contribution in [3.63, 3.8) is 0 Å². The Bertz CT molecular complexity index is 457. The maximum atomic E-state index is 12.5. The van der Waals surface area contributed by atoms with Crippen molar-refractivity contribution in [2.24, 2.45) is 29.6 Å². The molecule has 1 aliphatic rings. The van der Waals surface area contributed by atoms with Gasteiger partial charge in [0.05, 0.1) is 0 Å². The highest BCUT2D eigenvalue weighted by atomic mass is 16.5. The van der Waals surface area contributed by atoms with Crippen LogP contribution in [0.2, 0.25) is 0 Å². The largest absolute Gasteiger partial charge is 0.462 e. The predicted octanol–water partition coefficient (Wildman–Crippen LogP) is 4.20. The second kappa shape index (κ2) is 9.33. The van der Waals surface area contributed by atoms with Gasteiger partial charge in [-0.25, -0.2) is 0 Å². The summed E-state index contributed by atoms with van der Waals surface area (Å²) in [5, 5.41) is 0. The number of ketones is 2. The van der Waals surface area contributed by atoms with Gasteiger partial charge in [0.2, 0.25) is 0 Å². The maximum Gasteiger partial charge on any atom is 0.316 e. The van der Waals surface area contributed by atoms with E-state index in [4.69, 9.17) is 4.74 Å². The Kier molecular flexibility index (Phi) is 8.11. The summed E-state index contributed by atoms with van der Waals surface area (Å²) in [6.45, 7) is 11.5. The molecule has 1 saturated heterocycles. The number of hydrogen-bond donors (Lipinski definition) is 0. The van der Waals surface area contributed by atoms with Gasteiger partial charge in [0.15, 0.2) is 0 Å². The van der Waals surface area contributed by atoms with Crippen LogP contribution in [0.25, 0.3) is 0 Å². The highest BCUT2D eigenvalue weighted by Gasteiger charge is 2.31. The van der Waals surface area contributed by atoms with E-state index < -0.39 is 11.9 Å². The summed E-state index contributed by atoms with van der Waals surface area (Å²) in [6.07, 6.45) is 3.40. The van der Waals surface area contributed by atoms with Gasteiger partial charge < -0.3 is 4.74 Å². The van der Waals surface area contributed by atoms with E-state index in [1.54, 1.807) is 6.92 Å². The topological polar surface area (TPSA) is 60.4 Å². The molecule has 0 radical (unpaired) electrons. The Morgan fingerprint density at radius 1 is 0.833 bits per heavy atom. The zero-order chi connectivity index (χ0) is 18.4. The molecule has 0 saturated carbocycles. The first-order valence-electron chi connectivity index (χ1n) is 9.45. The summed E-state index contributed by atoms with van der Waals surface area (Å²) in [7, 11) is 0. The van der Waals surface area contributed by atoms with Gasteiger partial charge in [-0.05, 0) is 44.9 Å². The van der Waals surface area contributed by atoms with Crippen molar-refractivity contribution in [3.8, 4) is 0 Å². The van der Waals surface area contributed by atoms with Crippen LogP contribution >= 0.6 is 0 Å². The third-order valence-corrected chi connectivity index (χ3v) is 5.41. The number of cyclic esters (lactones) is 1. The fraction of sp³-hybridized carbons (Fsp3) is 0.850. The normalized spacial score (nSPS) is 37.7. The number of hydrogen-bond acceptors (Lipinski definition) is 4. The van der Waals surface area contributed by atoms with Gasteiger partial charge in [0.1, 0.15) is 23.6 Å². The number of carbonyl (C=O) groups excluding carboxylic acids is 3. The van der Waals surface area contributed by atoms with Crippen molar-refractivity contribution < 1.29 is 19.1 Å². The Morgan fingerprint density at radius 3 is 1.92 bits per heavy atom. The van der Waals surface area contributed by atoms with Crippen molar-refractivity contribution in [3.05, 3.63) is 0 Å². The van der Waals surface area contributed by atoms with E-state index in [2.05, 4.69) is 6.92 Å². The van der Waals surface area contributed by atoms with E-state index in [1.807, 2.05) is 27.7 Å². The molecule has 1 rings (SSSR count). The molecule has 4 heteroatoms. The molecule has 1 aliphatic heterocycles. The van der Waals surface area contributed by atoms with Crippen LogP contribution in [0.1, 0.15) is 73.6 Å². The van der Waals surface area contributed by atoms with Crippen molar-refractivity contribution >= 4 is 17.5 Å². The van der Waals surface area contributed by atoms with Crippen molar-refractivity contribution in [2.45, 2.75) is 79.8 Å². The number of Topliss-reactive ketones (excluding diaryl/α,β-unsaturated/α-hetero) is 2. The van der Waals surface area contributed by atoms with Crippen molar-refractivity contribution in [2.75, 3.05) is 0 Å². The minimum Gasteiger partial charge on any atom is -0.462 e. The van der Waals surface area contributed by atoms with E-state index in [9.17, 15) is 14.4 Å². The molecule has 24 heavy (non-hydrogen) atoms. The van der Waals surface area contributed by atoms with E-state index in [1.165, 1.54) is 0 Å². The van der Waals surface area contributed by atoms with Gasteiger partial charge >= 0.3 is 5.97 Å². The van der Waals surface area contributed by atoms with Crippen molar-refractivity contribution in [1.82, 2.24) is 0 Å². The summed E-state index contributed by atoms with van der Waals surface area (Å²) >= 11 is 0. The summed E-state index contributed by atoms with van der Waals surface area (Å²) in [6, 6.07) is 0. The molecule has 0 unspecified atom stereocenters. The number of ether oxygens (including phenoxy) is 1. The quantitative estimate of drug-likeness (QED) is 0.531. The van der Waals surface area contributed by atoms with Crippen LogP contribution in [0.3, 0.4) is 0 Å². The molecule has 0 spiro atoms. The van der Waals surface area contributed by atoms with E-state index in [-0.39, 0.29) is 41.3 Å². The van der Waals surface area contributed by atoms with Gasteiger partial charge in [0.25, 0.3) is 0 Å². The molecule has 4 nitrogen and oxygen atoms in total. The Labute approximate surface area is 146 Å². The van der Waals surface area contributed by atoms with Gasteiger partial charge in [-0.1, -0.05) is 34.6 Å². The third kappa shape index (κ3) is 5.71. The second-order valence-electron chi connectivity index (χ2n) is 7.85. The SMILES string of the molecule is CC[C@@H]1CC[C@@H](C)C(=O)[C@H](C)C[C@H](C)C[C@@H](C)C(=O)[C@@H](C)C(=O)O1. The van der Waals surface area contributed by atoms with Gasteiger partial charge in [-0.3, -0.25) is 14.4 Å². The highest BCUT2D eigenvalue weighted by molar-refractivity contribution is 5.99. The van der Waals surface area contributed by atoms with Crippen molar-refractivity contribution in [1.29, 1.82) is 0 Å². The minimum absolute atomic E-state index is 0.0142. The first-order chi connectivity index (χ1) is 11.2. The Balaban J connectivity index is 2.96. The van der Waals surface area contributed by atoms with Crippen LogP contribution in [0.4, 0.5) is 0 Å². The number of carbonyl (C=O) groups is 3. The second-order valence-corrected chi connectivity index (χ2v) is 7.85. The molecule has 0 N–H and O–H groups in total. The lowest BCUT2D eigenvalue weighted by Gasteiger charge is -2.25. The standard InChI is InChI=1S/C20H34O4/c1-7-17-9-8-13(3)18(21)14(4)10-12(2)11-15(5)19(22)16(6)20(23)24-17/h12-17H,7-11H2,1-6H3/t12-,13+,14+,15+,16+,17+/m0/s1. The summed E-state index contributed by atoms with van der Waals surface area (Å²) in [5.41, 5.74) is 0. The predicted molar refractivity (Wildman–Crippen MR) is 94.5 cm³/mol. The molecular formula is C20H34O4. The Morgan fingerprint density at radius 2 is 1.38 bits per heavy atom. The van der Waals surface area contributed by atoms with E-state index >= 15 is 0 Å². The average molecular weight is 338 g/mol. The molecule has 1 heterocycles. The number of rotatable bonds is 1. The van der Waals surface area contributed by atoms with E-state index in [0.717, 1.165) is 12.8 Å². The van der Waals surface area contributed by atoms with Gasteiger partial charge in [0, 0.05) is 17.8 Å². The molecule has 0 aliphatic carbocycles. The fourth-order valence-corrected chi connectivity index (χ4v) is 3.76. The van der Waals surface area contributed by atoms with Crippen LogP contribution in [0.5, 0.6) is 0 Å². The van der Waals surface area contributed by atoms with Gasteiger partial charge in [-0.15, -0.1) is 0 Å². The van der Waals surface area contributed by atoms with E-state index in [0.29, 0.717) is 19.3 Å². The molecule has 6 atom stereocenters. The molecule has 0 amide bonds. The van der Waals surface area contributed by atoms with Crippen LogP contribution in [0.15, 0.2) is 0 Å². The van der Waals surface area contributed by atoms with Crippen LogP contribution < -0.4 is 0 Å². The highest BCUT2D eigenvalue weighted by Crippen LogP contribution is 2.27. The van der Waals surface area contributed by atoms with Gasteiger partial charge in [-0.2, -0.15) is 0 Å².